The van der Waals surface area contributed by atoms with Gasteiger partial charge in [0.15, 0.2) is 12.6 Å². The summed E-state index contributed by atoms with van der Waals surface area (Å²) >= 11 is 0. The van der Waals surface area contributed by atoms with Crippen LogP contribution < -0.4 is 10.6 Å². The van der Waals surface area contributed by atoms with Crippen molar-refractivity contribution >= 4 is 17.8 Å². The van der Waals surface area contributed by atoms with Crippen molar-refractivity contribution in [1.29, 1.82) is 0 Å². The highest BCUT2D eigenvalue weighted by atomic mass is 16.5. The standard InChI is InChI=1S/C16H20N6O4/c1-2-17-14(23)9-18-15(24)10-26-16(25)13(22-11-19-20-21-22)8-12-6-4-3-5-7-12/h3-7,11,13H,2,8-10H2,1H3,(H,17,23)(H,18,24)/t13-/m1/s1. The summed E-state index contributed by atoms with van der Waals surface area (Å²) in [5.74, 6) is -1.53. The molecule has 0 radical (unpaired) electrons. The number of benzene rings is 1. The molecule has 138 valence electrons. The van der Waals surface area contributed by atoms with Crippen LogP contribution in [0.2, 0.25) is 0 Å². The van der Waals surface area contributed by atoms with E-state index in [1.54, 1.807) is 6.92 Å². The molecular formula is C16H20N6O4. The van der Waals surface area contributed by atoms with Gasteiger partial charge in [0.25, 0.3) is 5.91 Å². The van der Waals surface area contributed by atoms with Crippen molar-refractivity contribution in [2.75, 3.05) is 19.7 Å². The van der Waals surface area contributed by atoms with E-state index in [0.29, 0.717) is 13.0 Å². The summed E-state index contributed by atoms with van der Waals surface area (Å²) in [7, 11) is 0. The number of ether oxygens (including phenoxy) is 1. The molecule has 0 saturated carbocycles. The first kappa shape index (κ1) is 19.0. The van der Waals surface area contributed by atoms with Crippen LogP contribution in [0.5, 0.6) is 0 Å². The lowest BCUT2D eigenvalue weighted by Crippen LogP contribution is -2.39. The Morgan fingerprint density at radius 2 is 1.92 bits per heavy atom. The third-order valence-corrected chi connectivity index (χ3v) is 3.39. The third kappa shape index (κ3) is 5.96. The summed E-state index contributed by atoms with van der Waals surface area (Å²) in [6, 6.07) is 8.50. The second-order valence-electron chi connectivity index (χ2n) is 5.33. The Morgan fingerprint density at radius 3 is 2.58 bits per heavy atom. The summed E-state index contributed by atoms with van der Waals surface area (Å²) in [5.41, 5.74) is 0.894. The summed E-state index contributed by atoms with van der Waals surface area (Å²) in [5, 5.41) is 15.7. The van der Waals surface area contributed by atoms with E-state index in [9.17, 15) is 14.4 Å². The summed E-state index contributed by atoms with van der Waals surface area (Å²) in [6.07, 6.45) is 1.62. The van der Waals surface area contributed by atoms with Gasteiger partial charge < -0.3 is 15.4 Å². The third-order valence-electron chi connectivity index (χ3n) is 3.39. The van der Waals surface area contributed by atoms with Crippen LogP contribution >= 0.6 is 0 Å². The Labute approximate surface area is 149 Å². The quantitative estimate of drug-likeness (QED) is 0.563. The molecular weight excluding hydrogens is 340 g/mol. The molecule has 1 aromatic carbocycles. The predicted molar refractivity (Wildman–Crippen MR) is 89.7 cm³/mol. The van der Waals surface area contributed by atoms with E-state index in [0.717, 1.165) is 5.56 Å². The second kappa shape index (κ2) is 9.87. The Kier molecular flexibility index (Phi) is 7.22. The van der Waals surface area contributed by atoms with Crippen molar-refractivity contribution in [1.82, 2.24) is 30.8 Å². The van der Waals surface area contributed by atoms with Crippen LogP contribution in [-0.4, -0.2) is 57.7 Å². The largest absolute Gasteiger partial charge is 0.454 e. The van der Waals surface area contributed by atoms with E-state index >= 15 is 0 Å². The van der Waals surface area contributed by atoms with Gasteiger partial charge in [-0.15, -0.1) is 5.10 Å². The maximum atomic E-state index is 12.4. The Morgan fingerprint density at radius 1 is 1.15 bits per heavy atom. The Bertz CT molecular complexity index is 720. The maximum absolute atomic E-state index is 12.4. The number of amides is 2. The number of rotatable bonds is 9. The highest BCUT2D eigenvalue weighted by Gasteiger charge is 2.24. The molecule has 2 aromatic rings. The van der Waals surface area contributed by atoms with Crippen molar-refractivity contribution in [3.63, 3.8) is 0 Å². The monoisotopic (exact) mass is 360 g/mol. The predicted octanol–water partition coefficient (Wildman–Crippen LogP) is -0.748. The first-order valence-electron chi connectivity index (χ1n) is 8.06. The van der Waals surface area contributed by atoms with Gasteiger partial charge in [-0.25, -0.2) is 9.48 Å². The minimum Gasteiger partial charge on any atom is -0.454 e. The lowest BCUT2D eigenvalue weighted by molar-refractivity contribution is -0.152. The van der Waals surface area contributed by atoms with Crippen LogP contribution in [0, 0.1) is 0 Å². The molecule has 0 aliphatic carbocycles. The van der Waals surface area contributed by atoms with Gasteiger partial charge in [0, 0.05) is 13.0 Å². The molecule has 0 fully saturated rings. The van der Waals surface area contributed by atoms with Gasteiger partial charge >= 0.3 is 5.97 Å². The van der Waals surface area contributed by atoms with Gasteiger partial charge in [-0.3, -0.25) is 9.59 Å². The van der Waals surface area contributed by atoms with Gasteiger partial charge in [0.2, 0.25) is 5.91 Å². The van der Waals surface area contributed by atoms with Crippen molar-refractivity contribution in [3.05, 3.63) is 42.2 Å². The van der Waals surface area contributed by atoms with Crippen LogP contribution in [0.25, 0.3) is 0 Å². The molecule has 0 aliphatic rings. The summed E-state index contributed by atoms with van der Waals surface area (Å²) in [6.45, 7) is 1.57. The normalized spacial score (nSPS) is 11.4. The maximum Gasteiger partial charge on any atom is 0.331 e. The SMILES string of the molecule is CCNC(=O)CNC(=O)COC(=O)[C@@H](Cc1ccccc1)n1cnnn1. The second-order valence-corrected chi connectivity index (χ2v) is 5.33. The highest BCUT2D eigenvalue weighted by Crippen LogP contribution is 2.14. The molecule has 2 amide bonds. The van der Waals surface area contributed by atoms with Crippen LogP contribution in [0.1, 0.15) is 18.5 Å². The van der Waals surface area contributed by atoms with Gasteiger partial charge in [-0.05, 0) is 22.9 Å². The number of nitrogens with one attached hydrogen (secondary N) is 2. The molecule has 2 rings (SSSR count). The van der Waals surface area contributed by atoms with E-state index in [4.69, 9.17) is 4.74 Å². The smallest absolute Gasteiger partial charge is 0.331 e. The number of tetrazole rings is 1. The van der Waals surface area contributed by atoms with E-state index in [2.05, 4.69) is 26.2 Å². The summed E-state index contributed by atoms with van der Waals surface area (Å²) < 4.78 is 6.33. The van der Waals surface area contributed by atoms with Crippen LogP contribution in [0.3, 0.4) is 0 Å². The molecule has 10 nitrogen and oxygen atoms in total. The number of esters is 1. The number of aromatic nitrogens is 4. The fraction of sp³-hybridized carbons (Fsp3) is 0.375. The Hall–Kier alpha value is -3.30. The zero-order chi connectivity index (χ0) is 18.8. The number of carbonyl (C=O) groups excluding carboxylic acids is 3. The van der Waals surface area contributed by atoms with Gasteiger partial charge in [-0.2, -0.15) is 0 Å². The number of hydrogen-bond acceptors (Lipinski definition) is 7. The van der Waals surface area contributed by atoms with Crippen LogP contribution in [0.4, 0.5) is 0 Å². The minimum atomic E-state index is -0.802. The van der Waals surface area contributed by atoms with Crippen molar-refractivity contribution in [2.45, 2.75) is 19.4 Å². The topological polar surface area (TPSA) is 128 Å². The van der Waals surface area contributed by atoms with E-state index in [1.807, 2.05) is 30.3 Å². The molecule has 0 spiro atoms. The molecule has 2 N–H and O–H groups in total. The van der Waals surface area contributed by atoms with Gasteiger partial charge in [0.05, 0.1) is 6.54 Å². The fourth-order valence-electron chi connectivity index (χ4n) is 2.16. The van der Waals surface area contributed by atoms with Crippen molar-refractivity contribution in [3.8, 4) is 0 Å². The highest BCUT2D eigenvalue weighted by molar-refractivity contribution is 5.86. The Balaban J connectivity index is 1.90. The van der Waals surface area contributed by atoms with Gasteiger partial charge in [0.1, 0.15) is 6.33 Å². The van der Waals surface area contributed by atoms with Crippen molar-refractivity contribution < 1.29 is 19.1 Å². The number of likely N-dealkylation sites (N-methyl/N-ethyl adjacent to an activating group) is 1. The first-order chi connectivity index (χ1) is 12.6. The zero-order valence-electron chi connectivity index (χ0n) is 14.3. The molecule has 10 heteroatoms. The molecule has 1 heterocycles. The van der Waals surface area contributed by atoms with E-state index < -0.39 is 24.5 Å². The van der Waals surface area contributed by atoms with Gasteiger partial charge in [-0.1, -0.05) is 30.3 Å². The molecule has 26 heavy (non-hydrogen) atoms. The lowest BCUT2D eigenvalue weighted by Gasteiger charge is -2.15. The molecule has 0 unspecified atom stereocenters. The number of carbonyl (C=O) groups is 3. The van der Waals surface area contributed by atoms with Crippen LogP contribution in [0.15, 0.2) is 36.7 Å². The first-order valence-corrected chi connectivity index (χ1v) is 8.06. The minimum absolute atomic E-state index is 0.176. The number of hydrogen-bond donors (Lipinski definition) is 2. The summed E-state index contributed by atoms with van der Waals surface area (Å²) in [4.78, 5) is 35.4. The molecule has 0 aliphatic heterocycles. The average molecular weight is 360 g/mol. The zero-order valence-corrected chi connectivity index (χ0v) is 14.3. The number of nitrogens with zero attached hydrogens (tertiary/aromatic N) is 4. The molecule has 1 atom stereocenters. The van der Waals surface area contributed by atoms with E-state index in [-0.39, 0.29) is 12.5 Å². The molecule has 0 bridgehead atoms. The molecule has 0 saturated heterocycles. The fourth-order valence-corrected chi connectivity index (χ4v) is 2.16. The lowest BCUT2D eigenvalue weighted by atomic mass is 10.1. The van der Waals surface area contributed by atoms with Crippen LogP contribution in [-0.2, 0) is 25.5 Å². The van der Waals surface area contributed by atoms with Crippen molar-refractivity contribution in [2.24, 2.45) is 0 Å². The molecule has 1 aromatic heterocycles. The average Bonchev–Trinajstić information content (AvgIpc) is 3.18. The van der Waals surface area contributed by atoms with E-state index in [1.165, 1.54) is 11.0 Å².